The molecule has 0 aromatic rings. The van der Waals surface area contributed by atoms with Gasteiger partial charge in [-0.15, -0.1) is 0 Å². The standard InChI is InChI=1S/C7H15N2/c1-2-7-3-4-8-5-6-9-7/h7,9H,2-6H2,1H3. The summed E-state index contributed by atoms with van der Waals surface area (Å²) >= 11 is 0. The quantitative estimate of drug-likeness (QED) is 0.541. The van der Waals surface area contributed by atoms with Crippen LogP contribution >= 0.6 is 0 Å². The van der Waals surface area contributed by atoms with Crippen molar-refractivity contribution in [3.05, 3.63) is 0 Å². The van der Waals surface area contributed by atoms with Crippen molar-refractivity contribution in [3.63, 3.8) is 0 Å². The highest BCUT2D eigenvalue weighted by Crippen LogP contribution is 1.97. The third kappa shape index (κ3) is 2.33. The summed E-state index contributed by atoms with van der Waals surface area (Å²) in [6.45, 7) is 5.38. The molecule has 0 aliphatic carbocycles. The van der Waals surface area contributed by atoms with Crippen molar-refractivity contribution < 1.29 is 0 Å². The molecule has 1 radical (unpaired) electrons. The molecule has 0 bridgehead atoms. The van der Waals surface area contributed by atoms with Gasteiger partial charge in [0.2, 0.25) is 0 Å². The van der Waals surface area contributed by atoms with Gasteiger partial charge >= 0.3 is 0 Å². The smallest absolute Gasteiger partial charge is 0.0258 e. The van der Waals surface area contributed by atoms with Gasteiger partial charge in [-0.25, -0.2) is 5.32 Å². The molecule has 1 fully saturated rings. The van der Waals surface area contributed by atoms with Crippen molar-refractivity contribution in [3.8, 4) is 0 Å². The summed E-state index contributed by atoms with van der Waals surface area (Å²) in [6, 6.07) is 0.733. The van der Waals surface area contributed by atoms with Gasteiger partial charge in [0.1, 0.15) is 0 Å². The minimum Gasteiger partial charge on any atom is -0.313 e. The van der Waals surface area contributed by atoms with E-state index in [1.54, 1.807) is 0 Å². The summed E-state index contributed by atoms with van der Waals surface area (Å²) in [5.74, 6) is 0. The average Bonchev–Trinajstić information content (AvgIpc) is 2.13. The maximum Gasteiger partial charge on any atom is 0.0258 e. The van der Waals surface area contributed by atoms with Crippen LogP contribution in [0.1, 0.15) is 19.8 Å². The van der Waals surface area contributed by atoms with Crippen LogP contribution in [0.25, 0.3) is 0 Å². The predicted molar refractivity (Wildman–Crippen MR) is 38.6 cm³/mol. The minimum absolute atomic E-state index is 0.733. The fourth-order valence-electron chi connectivity index (χ4n) is 1.16. The van der Waals surface area contributed by atoms with Gasteiger partial charge in [-0.2, -0.15) is 0 Å². The van der Waals surface area contributed by atoms with Crippen molar-refractivity contribution in [1.29, 1.82) is 0 Å². The summed E-state index contributed by atoms with van der Waals surface area (Å²) in [5, 5.41) is 7.74. The third-order valence-electron chi connectivity index (χ3n) is 1.83. The lowest BCUT2D eigenvalue weighted by atomic mass is 10.1. The number of nitrogens with zero attached hydrogens (tertiary/aromatic N) is 1. The van der Waals surface area contributed by atoms with Crippen molar-refractivity contribution in [2.75, 3.05) is 19.6 Å². The second-order valence-electron chi connectivity index (χ2n) is 2.52. The molecule has 9 heavy (non-hydrogen) atoms. The fourth-order valence-corrected chi connectivity index (χ4v) is 1.16. The minimum atomic E-state index is 0.733. The molecule has 2 nitrogen and oxygen atoms in total. The number of hydrogen-bond donors (Lipinski definition) is 1. The SMILES string of the molecule is CCC1CC[N]CCN1. The number of nitrogens with one attached hydrogen (secondary N) is 1. The highest BCUT2D eigenvalue weighted by atomic mass is 15.0. The zero-order valence-corrected chi connectivity index (χ0v) is 6.06. The first kappa shape index (κ1) is 7.03. The largest absolute Gasteiger partial charge is 0.313 e. The van der Waals surface area contributed by atoms with Gasteiger partial charge in [0, 0.05) is 25.7 Å². The predicted octanol–water partition coefficient (Wildman–Crippen LogP) is 0.363. The van der Waals surface area contributed by atoms with Crippen LogP contribution < -0.4 is 10.6 Å². The van der Waals surface area contributed by atoms with Gasteiger partial charge in [-0.05, 0) is 12.8 Å². The van der Waals surface area contributed by atoms with Crippen molar-refractivity contribution >= 4 is 0 Å². The summed E-state index contributed by atoms with van der Waals surface area (Å²) in [4.78, 5) is 0. The first-order chi connectivity index (χ1) is 4.43. The van der Waals surface area contributed by atoms with E-state index in [-0.39, 0.29) is 0 Å². The molecular weight excluding hydrogens is 112 g/mol. The maximum atomic E-state index is 4.31. The molecule has 1 rings (SSSR count). The Morgan fingerprint density at radius 2 is 2.44 bits per heavy atom. The molecular formula is C7H15N2. The molecule has 0 saturated carbocycles. The van der Waals surface area contributed by atoms with Crippen LogP contribution in [0, 0.1) is 0 Å². The van der Waals surface area contributed by atoms with Crippen LogP contribution in [0.4, 0.5) is 0 Å². The normalized spacial score (nSPS) is 29.7. The molecule has 1 aliphatic heterocycles. The van der Waals surface area contributed by atoms with Gasteiger partial charge in [0.15, 0.2) is 0 Å². The molecule has 0 aromatic carbocycles. The van der Waals surface area contributed by atoms with E-state index >= 15 is 0 Å². The van der Waals surface area contributed by atoms with E-state index < -0.39 is 0 Å². The van der Waals surface area contributed by atoms with E-state index in [0.717, 1.165) is 25.7 Å². The molecule has 0 spiro atoms. The van der Waals surface area contributed by atoms with Crippen LogP contribution in [0.5, 0.6) is 0 Å². The zero-order chi connectivity index (χ0) is 6.53. The molecule has 1 aliphatic rings. The number of rotatable bonds is 1. The van der Waals surface area contributed by atoms with E-state index in [2.05, 4.69) is 17.6 Å². The molecule has 1 saturated heterocycles. The molecule has 0 amide bonds. The third-order valence-corrected chi connectivity index (χ3v) is 1.83. The first-order valence-corrected chi connectivity index (χ1v) is 3.80. The Labute approximate surface area is 57.0 Å². The van der Waals surface area contributed by atoms with E-state index in [4.69, 9.17) is 0 Å². The van der Waals surface area contributed by atoms with Crippen LogP contribution in [0.15, 0.2) is 0 Å². The molecule has 1 N–H and O–H groups in total. The first-order valence-electron chi connectivity index (χ1n) is 3.80. The highest BCUT2D eigenvalue weighted by molar-refractivity contribution is 4.70. The summed E-state index contributed by atoms with van der Waals surface area (Å²) in [6.07, 6.45) is 2.48. The van der Waals surface area contributed by atoms with E-state index in [1.807, 2.05) is 0 Å². The lowest BCUT2D eigenvalue weighted by Gasteiger charge is -2.10. The van der Waals surface area contributed by atoms with Crippen LogP contribution in [0.2, 0.25) is 0 Å². The Balaban J connectivity index is 2.18. The van der Waals surface area contributed by atoms with Gasteiger partial charge in [0.25, 0.3) is 0 Å². The molecule has 1 unspecified atom stereocenters. The van der Waals surface area contributed by atoms with Crippen molar-refractivity contribution in [2.24, 2.45) is 0 Å². The van der Waals surface area contributed by atoms with Crippen LogP contribution in [-0.4, -0.2) is 25.7 Å². The summed E-state index contributed by atoms with van der Waals surface area (Å²) in [7, 11) is 0. The highest BCUT2D eigenvalue weighted by Gasteiger charge is 2.07. The van der Waals surface area contributed by atoms with Crippen LogP contribution in [0.3, 0.4) is 0 Å². The Bertz CT molecular complexity index is 65.3. The number of hydrogen-bond acceptors (Lipinski definition) is 1. The molecule has 0 aromatic heterocycles. The Hall–Kier alpha value is -0.0800. The maximum absolute atomic E-state index is 4.31. The fraction of sp³-hybridized carbons (Fsp3) is 1.00. The molecule has 53 valence electrons. The topological polar surface area (TPSA) is 26.1 Å². The second-order valence-corrected chi connectivity index (χ2v) is 2.52. The Morgan fingerprint density at radius 1 is 1.56 bits per heavy atom. The monoisotopic (exact) mass is 127 g/mol. The van der Waals surface area contributed by atoms with Crippen LogP contribution in [-0.2, 0) is 0 Å². The van der Waals surface area contributed by atoms with Gasteiger partial charge in [-0.1, -0.05) is 6.92 Å². The summed E-state index contributed by atoms with van der Waals surface area (Å²) < 4.78 is 0. The van der Waals surface area contributed by atoms with E-state index in [9.17, 15) is 0 Å². The van der Waals surface area contributed by atoms with E-state index in [0.29, 0.717) is 0 Å². The molecule has 2 heteroatoms. The van der Waals surface area contributed by atoms with Crippen molar-refractivity contribution in [1.82, 2.24) is 10.6 Å². The average molecular weight is 127 g/mol. The van der Waals surface area contributed by atoms with E-state index in [1.165, 1.54) is 12.8 Å². The lowest BCUT2D eigenvalue weighted by molar-refractivity contribution is 0.508. The molecule has 1 atom stereocenters. The van der Waals surface area contributed by atoms with Gasteiger partial charge in [0.05, 0.1) is 0 Å². The summed E-state index contributed by atoms with van der Waals surface area (Å²) in [5.41, 5.74) is 0. The second kappa shape index (κ2) is 3.85. The lowest BCUT2D eigenvalue weighted by Crippen LogP contribution is -2.28. The zero-order valence-electron chi connectivity index (χ0n) is 6.06. The Kier molecular flexibility index (Phi) is 3.01. The van der Waals surface area contributed by atoms with Gasteiger partial charge in [-0.3, -0.25) is 0 Å². The Morgan fingerprint density at radius 3 is 3.22 bits per heavy atom. The van der Waals surface area contributed by atoms with Crippen molar-refractivity contribution in [2.45, 2.75) is 25.8 Å². The molecule has 1 heterocycles. The van der Waals surface area contributed by atoms with Gasteiger partial charge < -0.3 is 5.32 Å².